The molecule has 6 heteroatoms. The second-order valence-corrected chi connectivity index (χ2v) is 9.49. The van der Waals surface area contributed by atoms with Gasteiger partial charge in [0.2, 0.25) is 0 Å². The zero-order valence-electron chi connectivity index (χ0n) is 18.4. The van der Waals surface area contributed by atoms with Crippen LogP contribution in [0.25, 0.3) is 16.7 Å². The Morgan fingerprint density at radius 1 is 1.07 bits per heavy atom. The normalized spacial score (nSPS) is 17.1. The zero-order valence-corrected chi connectivity index (χ0v) is 20.0. The summed E-state index contributed by atoms with van der Waals surface area (Å²) in [5.41, 5.74) is 5.81. The third-order valence-electron chi connectivity index (χ3n) is 6.22. The van der Waals surface area contributed by atoms with Gasteiger partial charge in [0.05, 0.1) is 11.1 Å². The number of rotatable bonds is 5. The quantitative estimate of drug-likeness (QED) is 0.530. The lowest BCUT2D eigenvalue weighted by atomic mass is 9.97. The molecule has 1 aromatic carbocycles. The smallest absolute Gasteiger partial charge is 0.150 e. The molecule has 0 amide bonds. The summed E-state index contributed by atoms with van der Waals surface area (Å²) in [4.78, 5) is 12.3. The molecule has 0 spiro atoms. The van der Waals surface area contributed by atoms with Crippen LogP contribution in [0.4, 0.5) is 5.82 Å². The van der Waals surface area contributed by atoms with Crippen molar-refractivity contribution in [3.63, 3.8) is 0 Å². The third-order valence-corrected chi connectivity index (χ3v) is 6.68. The van der Waals surface area contributed by atoms with Crippen molar-refractivity contribution in [3.8, 4) is 5.69 Å². The van der Waals surface area contributed by atoms with Gasteiger partial charge in [0.15, 0.2) is 5.65 Å². The van der Waals surface area contributed by atoms with Gasteiger partial charge in [-0.1, -0.05) is 15.9 Å². The molecule has 1 aliphatic heterocycles. The fraction of sp³-hybridized carbons (Fsp3) is 0.500. The number of aliphatic hydroxyl groups is 1. The molecule has 160 valence electrons. The van der Waals surface area contributed by atoms with E-state index in [-0.39, 0.29) is 6.61 Å². The van der Waals surface area contributed by atoms with Gasteiger partial charge in [-0.15, -0.1) is 0 Å². The summed E-state index contributed by atoms with van der Waals surface area (Å²) in [6, 6.07) is 4.75. The summed E-state index contributed by atoms with van der Waals surface area (Å²) < 4.78 is 3.34. The number of halogens is 1. The Balaban J connectivity index is 1.90. The van der Waals surface area contributed by atoms with Crippen LogP contribution < -0.4 is 4.90 Å². The van der Waals surface area contributed by atoms with Crippen molar-refractivity contribution < 1.29 is 5.11 Å². The molecule has 1 atom stereocenters. The van der Waals surface area contributed by atoms with Crippen molar-refractivity contribution in [3.05, 3.63) is 45.3 Å². The number of hydrogen-bond donors (Lipinski definition) is 1. The minimum atomic E-state index is 0.250. The molecule has 1 fully saturated rings. The molecule has 5 nitrogen and oxygen atoms in total. The highest BCUT2D eigenvalue weighted by molar-refractivity contribution is 9.10. The fourth-order valence-electron chi connectivity index (χ4n) is 4.96. The molecule has 0 radical (unpaired) electrons. The maximum absolute atomic E-state index is 9.36. The number of aryl methyl sites for hydroxylation is 4. The van der Waals surface area contributed by atoms with Gasteiger partial charge in [0.1, 0.15) is 11.6 Å². The predicted octanol–water partition coefficient (Wildman–Crippen LogP) is 5.55. The maximum Gasteiger partial charge on any atom is 0.150 e. The Morgan fingerprint density at radius 3 is 2.50 bits per heavy atom. The molecule has 0 aliphatic carbocycles. The summed E-state index contributed by atoms with van der Waals surface area (Å²) in [7, 11) is 0. The molecule has 0 saturated carbocycles. The molecule has 2 aromatic heterocycles. The fourth-order valence-corrected chi connectivity index (χ4v) is 5.64. The second kappa shape index (κ2) is 8.67. The van der Waals surface area contributed by atoms with Gasteiger partial charge in [-0.05, 0) is 88.6 Å². The maximum atomic E-state index is 9.36. The molecular formula is C24H31BrN4O. The minimum absolute atomic E-state index is 0.250. The average Bonchev–Trinajstić information content (AvgIpc) is 3.01. The van der Waals surface area contributed by atoms with Gasteiger partial charge in [-0.3, -0.25) is 0 Å². The van der Waals surface area contributed by atoms with Gasteiger partial charge in [0, 0.05) is 29.9 Å². The molecule has 0 bridgehead atoms. The summed E-state index contributed by atoms with van der Waals surface area (Å²) in [6.07, 6.45) is 7.65. The van der Waals surface area contributed by atoms with Gasteiger partial charge < -0.3 is 14.6 Å². The van der Waals surface area contributed by atoms with Gasteiger partial charge in [-0.25, -0.2) is 9.97 Å². The SMILES string of the molecule is Cc1nc(N2CCCCC2CCCO)c2c(C)cn(-c3c(C)cc(Br)cc3C)c2n1. The monoisotopic (exact) mass is 470 g/mol. The first-order chi connectivity index (χ1) is 14.4. The standard InChI is InChI=1S/C24H31BrN4O/c1-15-12-19(25)13-16(2)22(15)29-14-17(3)21-23(26-18(4)27-24(21)29)28-10-6-5-8-20(28)9-7-11-30/h12-14,20,30H,5-11H2,1-4H3. The second-order valence-electron chi connectivity index (χ2n) is 8.57. The van der Waals surface area contributed by atoms with Crippen molar-refractivity contribution in [1.29, 1.82) is 0 Å². The highest BCUT2D eigenvalue weighted by atomic mass is 79.9. The lowest BCUT2D eigenvalue weighted by Crippen LogP contribution is -2.40. The van der Waals surface area contributed by atoms with Crippen LogP contribution in [0.15, 0.2) is 22.8 Å². The number of aliphatic hydroxyl groups excluding tert-OH is 1. The van der Waals surface area contributed by atoms with Gasteiger partial charge in [0.25, 0.3) is 0 Å². The van der Waals surface area contributed by atoms with E-state index < -0.39 is 0 Å². The van der Waals surface area contributed by atoms with E-state index in [1.54, 1.807) is 0 Å². The molecule has 4 rings (SSSR count). The topological polar surface area (TPSA) is 54.2 Å². The van der Waals surface area contributed by atoms with Crippen LogP contribution in [0.2, 0.25) is 0 Å². The van der Waals surface area contributed by atoms with Crippen LogP contribution >= 0.6 is 15.9 Å². The van der Waals surface area contributed by atoms with E-state index in [9.17, 15) is 5.11 Å². The number of anilines is 1. The molecule has 1 aliphatic rings. The van der Waals surface area contributed by atoms with Crippen LogP contribution in [0.1, 0.15) is 54.6 Å². The number of piperidine rings is 1. The summed E-state index contributed by atoms with van der Waals surface area (Å²) in [6.45, 7) is 9.72. The van der Waals surface area contributed by atoms with E-state index >= 15 is 0 Å². The first kappa shape index (κ1) is 21.3. The summed E-state index contributed by atoms with van der Waals surface area (Å²) >= 11 is 3.62. The lowest BCUT2D eigenvalue weighted by molar-refractivity contribution is 0.273. The van der Waals surface area contributed by atoms with Crippen LogP contribution in [0.3, 0.4) is 0 Å². The zero-order chi connectivity index (χ0) is 21.4. The van der Waals surface area contributed by atoms with Crippen molar-refractivity contribution >= 4 is 32.8 Å². The molecule has 3 aromatic rings. The highest BCUT2D eigenvalue weighted by Crippen LogP contribution is 2.36. The van der Waals surface area contributed by atoms with E-state index in [0.717, 1.165) is 53.0 Å². The van der Waals surface area contributed by atoms with E-state index in [1.807, 2.05) is 6.92 Å². The van der Waals surface area contributed by atoms with E-state index in [2.05, 4.69) is 64.5 Å². The number of aromatic nitrogens is 3. The van der Waals surface area contributed by atoms with Gasteiger partial charge >= 0.3 is 0 Å². The van der Waals surface area contributed by atoms with Crippen LogP contribution in [0, 0.1) is 27.7 Å². The summed E-state index contributed by atoms with van der Waals surface area (Å²) in [5.74, 6) is 1.86. The van der Waals surface area contributed by atoms with E-state index in [0.29, 0.717) is 6.04 Å². The van der Waals surface area contributed by atoms with Crippen molar-refractivity contribution in [2.45, 2.75) is 65.8 Å². The molecule has 1 saturated heterocycles. The number of hydrogen-bond acceptors (Lipinski definition) is 4. The minimum Gasteiger partial charge on any atom is -0.396 e. The summed E-state index contributed by atoms with van der Waals surface area (Å²) in [5, 5.41) is 10.5. The third kappa shape index (κ3) is 3.87. The average molecular weight is 471 g/mol. The molecule has 30 heavy (non-hydrogen) atoms. The lowest BCUT2D eigenvalue weighted by Gasteiger charge is -2.37. The Morgan fingerprint density at radius 2 is 1.80 bits per heavy atom. The van der Waals surface area contributed by atoms with Crippen molar-refractivity contribution in [2.75, 3.05) is 18.1 Å². The Bertz CT molecular complexity index is 1050. The number of nitrogens with zero attached hydrogens (tertiary/aromatic N) is 4. The van der Waals surface area contributed by atoms with Crippen molar-refractivity contribution in [2.24, 2.45) is 0 Å². The molecule has 1 N–H and O–H groups in total. The largest absolute Gasteiger partial charge is 0.396 e. The Kier molecular flexibility index (Phi) is 6.16. The number of benzene rings is 1. The Hall–Kier alpha value is -1.92. The molecule has 3 heterocycles. The first-order valence-electron chi connectivity index (χ1n) is 10.9. The van der Waals surface area contributed by atoms with Crippen LogP contribution in [0.5, 0.6) is 0 Å². The Labute approximate surface area is 187 Å². The van der Waals surface area contributed by atoms with E-state index in [4.69, 9.17) is 9.97 Å². The van der Waals surface area contributed by atoms with Crippen molar-refractivity contribution in [1.82, 2.24) is 14.5 Å². The first-order valence-corrected chi connectivity index (χ1v) is 11.7. The highest BCUT2D eigenvalue weighted by Gasteiger charge is 2.27. The van der Waals surface area contributed by atoms with Gasteiger partial charge in [-0.2, -0.15) is 0 Å². The number of fused-ring (bicyclic) bond motifs is 1. The van der Waals surface area contributed by atoms with Crippen LogP contribution in [-0.4, -0.2) is 38.8 Å². The van der Waals surface area contributed by atoms with Crippen LogP contribution in [-0.2, 0) is 0 Å². The predicted molar refractivity (Wildman–Crippen MR) is 127 cm³/mol. The van der Waals surface area contributed by atoms with E-state index in [1.165, 1.54) is 35.2 Å². The molecule has 1 unspecified atom stereocenters. The molecular weight excluding hydrogens is 440 g/mol.